The van der Waals surface area contributed by atoms with Gasteiger partial charge in [-0.3, -0.25) is 0 Å². The van der Waals surface area contributed by atoms with E-state index < -0.39 is 5.60 Å². The topological polar surface area (TPSA) is 29.5 Å². The first kappa shape index (κ1) is 12.1. The summed E-state index contributed by atoms with van der Waals surface area (Å²) in [6.07, 6.45) is 3.96. The van der Waals surface area contributed by atoms with Crippen LogP contribution in [0.5, 0.6) is 0 Å². The monoisotopic (exact) mass is 211 g/mol. The molecular weight excluding hydrogens is 190 g/mol. The first-order chi connectivity index (χ1) is 6.78. The van der Waals surface area contributed by atoms with Gasteiger partial charge in [-0.1, -0.05) is 6.08 Å². The van der Waals surface area contributed by atoms with Crippen LogP contribution in [0.1, 0.15) is 33.6 Å². The summed E-state index contributed by atoms with van der Waals surface area (Å²) in [5.41, 5.74) is -0.262. The standard InChI is InChI=1S/C12H21NO2/c1-6-12(7-8-12)9-13(5)10(14)15-11(2,3)4/h6H,1,7-9H2,2-5H3. The highest BCUT2D eigenvalue weighted by atomic mass is 16.6. The molecule has 0 bridgehead atoms. The quantitative estimate of drug-likeness (QED) is 0.672. The molecule has 0 aliphatic heterocycles. The maximum absolute atomic E-state index is 11.6. The van der Waals surface area contributed by atoms with E-state index in [0.29, 0.717) is 6.54 Å². The van der Waals surface area contributed by atoms with Crippen molar-refractivity contribution in [3.8, 4) is 0 Å². The molecule has 0 spiro atoms. The van der Waals surface area contributed by atoms with Gasteiger partial charge in [0.05, 0.1) is 0 Å². The van der Waals surface area contributed by atoms with Gasteiger partial charge in [0.1, 0.15) is 5.60 Å². The summed E-state index contributed by atoms with van der Waals surface area (Å²) in [5, 5.41) is 0. The van der Waals surface area contributed by atoms with Gasteiger partial charge in [0.25, 0.3) is 0 Å². The molecule has 0 N–H and O–H groups in total. The smallest absolute Gasteiger partial charge is 0.410 e. The second kappa shape index (κ2) is 3.87. The van der Waals surface area contributed by atoms with Crippen molar-refractivity contribution in [2.75, 3.05) is 13.6 Å². The molecule has 1 rings (SSSR count). The Bertz CT molecular complexity index is 261. The summed E-state index contributed by atoms with van der Waals surface area (Å²) in [5.74, 6) is 0. The van der Waals surface area contributed by atoms with Crippen LogP contribution in [0.25, 0.3) is 0 Å². The second-order valence-electron chi connectivity index (χ2n) is 5.40. The number of carbonyl (C=O) groups is 1. The molecule has 0 radical (unpaired) electrons. The third-order valence-corrected chi connectivity index (χ3v) is 2.58. The SMILES string of the molecule is C=CC1(CN(C)C(=O)OC(C)(C)C)CC1. The normalized spacial score (nSPS) is 18.1. The molecule has 0 aromatic heterocycles. The minimum Gasteiger partial charge on any atom is -0.444 e. The van der Waals surface area contributed by atoms with Crippen molar-refractivity contribution >= 4 is 6.09 Å². The van der Waals surface area contributed by atoms with Crippen LogP contribution in [0.3, 0.4) is 0 Å². The summed E-state index contributed by atoms with van der Waals surface area (Å²) in [4.78, 5) is 13.3. The van der Waals surface area contributed by atoms with Gasteiger partial charge < -0.3 is 9.64 Å². The molecule has 15 heavy (non-hydrogen) atoms. The summed E-state index contributed by atoms with van der Waals surface area (Å²) in [7, 11) is 1.78. The van der Waals surface area contributed by atoms with E-state index in [1.807, 2.05) is 26.8 Å². The van der Waals surface area contributed by atoms with Gasteiger partial charge in [-0.05, 0) is 33.6 Å². The van der Waals surface area contributed by atoms with Crippen molar-refractivity contribution in [2.45, 2.75) is 39.2 Å². The average molecular weight is 211 g/mol. The average Bonchev–Trinajstić information content (AvgIpc) is 2.82. The predicted octanol–water partition coefficient (Wildman–Crippen LogP) is 2.82. The molecule has 86 valence electrons. The summed E-state index contributed by atoms with van der Waals surface area (Å²) >= 11 is 0. The van der Waals surface area contributed by atoms with Crippen LogP contribution in [-0.2, 0) is 4.74 Å². The number of amides is 1. The third kappa shape index (κ3) is 3.57. The Morgan fingerprint density at radius 2 is 2.07 bits per heavy atom. The zero-order chi connectivity index (χ0) is 11.7. The molecule has 0 aromatic carbocycles. The van der Waals surface area contributed by atoms with Gasteiger partial charge >= 0.3 is 6.09 Å². The van der Waals surface area contributed by atoms with E-state index in [9.17, 15) is 4.79 Å². The largest absolute Gasteiger partial charge is 0.444 e. The van der Waals surface area contributed by atoms with Crippen LogP contribution in [0.4, 0.5) is 4.79 Å². The molecule has 3 nitrogen and oxygen atoms in total. The summed E-state index contributed by atoms with van der Waals surface area (Å²) in [6, 6.07) is 0. The Kier molecular flexibility index (Phi) is 3.12. The maximum atomic E-state index is 11.6. The maximum Gasteiger partial charge on any atom is 0.410 e. The van der Waals surface area contributed by atoms with Crippen LogP contribution in [0, 0.1) is 5.41 Å². The number of rotatable bonds is 3. The third-order valence-electron chi connectivity index (χ3n) is 2.58. The lowest BCUT2D eigenvalue weighted by Gasteiger charge is -2.26. The van der Waals surface area contributed by atoms with E-state index in [4.69, 9.17) is 4.74 Å². The zero-order valence-electron chi connectivity index (χ0n) is 10.2. The molecule has 1 saturated carbocycles. The predicted molar refractivity (Wildman–Crippen MR) is 60.7 cm³/mol. The summed E-state index contributed by atoms with van der Waals surface area (Å²) in [6.45, 7) is 10.1. The minimum atomic E-state index is -0.420. The van der Waals surface area contributed by atoms with Gasteiger partial charge in [-0.2, -0.15) is 0 Å². The van der Waals surface area contributed by atoms with Crippen LogP contribution in [-0.4, -0.2) is 30.2 Å². The van der Waals surface area contributed by atoms with Crippen molar-refractivity contribution in [3.05, 3.63) is 12.7 Å². The van der Waals surface area contributed by atoms with E-state index in [0.717, 1.165) is 12.8 Å². The molecule has 0 saturated heterocycles. The lowest BCUT2D eigenvalue weighted by atomic mass is 10.1. The molecule has 1 aliphatic carbocycles. The molecule has 0 unspecified atom stereocenters. The van der Waals surface area contributed by atoms with Gasteiger partial charge in [0.15, 0.2) is 0 Å². The highest BCUT2D eigenvalue weighted by Crippen LogP contribution is 2.47. The number of ether oxygens (including phenoxy) is 1. The van der Waals surface area contributed by atoms with Crippen molar-refractivity contribution in [1.82, 2.24) is 4.90 Å². The lowest BCUT2D eigenvalue weighted by molar-refractivity contribution is 0.0276. The van der Waals surface area contributed by atoms with E-state index in [-0.39, 0.29) is 11.5 Å². The lowest BCUT2D eigenvalue weighted by Crippen LogP contribution is -2.37. The van der Waals surface area contributed by atoms with E-state index in [1.165, 1.54) is 0 Å². The minimum absolute atomic E-state index is 0.158. The van der Waals surface area contributed by atoms with Crippen molar-refractivity contribution in [3.63, 3.8) is 0 Å². The van der Waals surface area contributed by atoms with Gasteiger partial charge in [0.2, 0.25) is 0 Å². The molecular formula is C12H21NO2. The Morgan fingerprint density at radius 1 is 1.53 bits per heavy atom. The molecule has 0 atom stereocenters. The zero-order valence-corrected chi connectivity index (χ0v) is 10.2. The van der Waals surface area contributed by atoms with Crippen molar-refractivity contribution in [1.29, 1.82) is 0 Å². The molecule has 1 aliphatic rings. The van der Waals surface area contributed by atoms with E-state index >= 15 is 0 Å². The highest BCUT2D eigenvalue weighted by Gasteiger charge is 2.41. The first-order valence-electron chi connectivity index (χ1n) is 5.36. The fraction of sp³-hybridized carbons (Fsp3) is 0.750. The Morgan fingerprint density at radius 3 is 2.40 bits per heavy atom. The van der Waals surface area contributed by atoms with Gasteiger partial charge in [-0.25, -0.2) is 4.79 Å². The van der Waals surface area contributed by atoms with Crippen LogP contribution in [0.15, 0.2) is 12.7 Å². The van der Waals surface area contributed by atoms with Crippen LogP contribution in [0.2, 0.25) is 0 Å². The molecule has 0 aromatic rings. The number of hydrogen-bond acceptors (Lipinski definition) is 2. The summed E-state index contributed by atoms with van der Waals surface area (Å²) < 4.78 is 5.27. The highest BCUT2D eigenvalue weighted by molar-refractivity contribution is 5.67. The number of hydrogen-bond donors (Lipinski definition) is 0. The molecule has 3 heteroatoms. The van der Waals surface area contributed by atoms with Gasteiger partial charge in [-0.15, -0.1) is 6.58 Å². The fourth-order valence-electron chi connectivity index (χ4n) is 1.46. The second-order valence-corrected chi connectivity index (χ2v) is 5.40. The molecule has 1 fully saturated rings. The Hall–Kier alpha value is -0.990. The Balaban J connectivity index is 2.43. The van der Waals surface area contributed by atoms with Crippen molar-refractivity contribution < 1.29 is 9.53 Å². The van der Waals surface area contributed by atoms with Crippen molar-refractivity contribution in [2.24, 2.45) is 5.41 Å². The van der Waals surface area contributed by atoms with E-state index in [1.54, 1.807) is 11.9 Å². The van der Waals surface area contributed by atoms with Crippen LogP contribution < -0.4 is 0 Å². The van der Waals surface area contributed by atoms with Gasteiger partial charge in [0, 0.05) is 19.0 Å². The first-order valence-corrected chi connectivity index (χ1v) is 5.36. The van der Waals surface area contributed by atoms with Crippen LogP contribution >= 0.6 is 0 Å². The molecule has 1 amide bonds. The number of carbonyl (C=O) groups excluding carboxylic acids is 1. The van der Waals surface area contributed by atoms with E-state index in [2.05, 4.69) is 6.58 Å². The Labute approximate surface area is 92.1 Å². The fourth-order valence-corrected chi connectivity index (χ4v) is 1.46. The number of nitrogens with zero attached hydrogens (tertiary/aromatic N) is 1. The molecule has 0 heterocycles.